The molecule has 1 N–H and O–H groups in total. The first kappa shape index (κ1) is 21.7. The first-order chi connectivity index (χ1) is 11.4. The second-order valence-electron chi connectivity index (χ2n) is 6.34. The summed E-state index contributed by atoms with van der Waals surface area (Å²) in [6, 6.07) is 6.36. The van der Waals surface area contributed by atoms with Crippen LogP contribution in [-0.4, -0.2) is 58.8 Å². The van der Waals surface area contributed by atoms with E-state index in [9.17, 15) is 13.2 Å². The van der Waals surface area contributed by atoms with E-state index in [0.717, 1.165) is 18.9 Å². The minimum atomic E-state index is -3.18. The first-order valence-corrected chi connectivity index (χ1v) is 10.1. The molecule has 0 aromatic heterocycles. The maximum atomic E-state index is 11.9. The molecule has 1 aliphatic rings. The summed E-state index contributed by atoms with van der Waals surface area (Å²) in [7, 11) is -1.39. The summed E-state index contributed by atoms with van der Waals surface area (Å²) in [5.41, 5.74) is 0. The van der Waals surface area contributed by atoms with Gasteiger partial charge in [-0.3, -0.25) is 4.79 Å². The van der Waals surface area contributed by atoms with Crippen molar-refractivity contribution in [3.8, 4) is 5.75 Å². The van der Waals surface area contributed by atoms with E-state index in [0.29, 0.717) is 25.4 Å². The molecule has 1 saturated carbocycles. The molecule has 1 aliphatic carbocycles. The number of carbonyl (C=O) groups excluding carboxylic acids is 1. The van der Waals surface area contributed by atoms with Gasteiger partial charge in [-0.25, -0.2) is 8.42 Å². The van der Waals surface area contributed by atoms with Crippen LogP contribution in [0.2, 0.25) is 0 Å². The number of hydrogen-bond acceptors (Lipinski definition) is 5. The third-order valence-corrected chi connectivity index (χ3v) is 5.12. The van der Waals surface area contributed by atoms with E-state index in [1.807, 2.05) is 0 Å². The van der Waals surface area contributed by atoms with Gasteiger partial charge in [-0.05, 0) is 56.0 Å². The van der Waals surface area contributed by atoms with Crippen molar-refractivity contribution in [1.82, 2.24) is 10.2 Å². The zero-order valence-corrected chi connectivity index (χ0v) is 16.4. The van der Waals surface area contributed by atoms with Gasteiger partial charge in [-0.15, -0.1) is 12.4 Å². The number of likely N-dealkylation sites (N-methyl/N-ethyl adjacent to an activating group) is 1. The molecule has 0 aliphatic heterocycles. The van der Waals surface area contributed by atoms with E-state index in [-0.39, 0.29) is 23.2 Å². The summed E-state index contributed by atoms with van der Waals surface area (Å²) in [5, 5.41) is 3.19. The molecular formula is C17H27ClN2O4S. The molecule has 0 radical (unpaired) electrons. The highest BCUT2D eigenvalue weighted by atomic mass is 35.5. The fraction of sp³-hybridized carbons (Fsp3) is 0.588. The second-order valence-corrected chi connectivity index (χ2v) is 8.35. The molecule has 6 nitrogen and oxygen atoms in total. The lowest BCUT2D eigenvalue weighted by Crippen LogP contribution is -2.37. The number of rotatable bonds is 10. The lowest BCUT2D eigenvalue weighted by atomic mass is 10.3. The Labute approximate surface area is 156 Å². The molecule has 0 spiro atoms. The fourth-order valence-electron chi connectivity index (χ4n) is 2.24. The van der Waals surface area contributed by atoms with E-state index in [2.05, 4.69) is 5.32 Å². The molecular weight excluding hydrogens is 364 g/mol. The molecule has 0 bridgehead atoms. The van der Waals surface area contributed by atoms with Crippen molar-refractivity contribution < 1.29 is 17.9 Å². The Bertz CT molecular complexity index is 645. The molecule has 8 heteroatoms. The maximum absolute atomic E-state index is 11.9. The van der Waals surface area contributed by atoms with E-state index < -0.39 is 9.84 Å². The quantitative estimate of drug-likeness (QED) is 0.616. The van der Waals surface area contributed by atoms with E-state index in [1.54, 1.807) is 24.1 Å². The Morgan fingerprint density at radius 2 is 1.92 bits per heavy atom. The molecule has 1 fully saturated rings. The zero-order chi connectivity index (χ0) is 17.6. The third-order valence-electron chi connectivity index (χ3n) is 3.99. The van der Waals surface area contributed by atoms with E-state index in [1.165, 1.54) is 31.2 Å². The normalized spacial score (nSPS) is 13.8. The van der Waals surface area contributed by atoms with Gasteiger partial charge >= 0.3 is 0 Å². The van der Waals surface area contributed by atoms with Crippen LogP contribution in [0.3, 0.4) is 0 Å². The monoisotopic (exact) mass is 390 g/mol. The van der Waals surface area contributed by atoms with Crippen molar-refractivity contribution in [3.05, 3.63) is 24.3 Å². The molecule has 2 rings (SSSR count). The van der Waals surface area contributed by atoms with Crippen LogP contribution in [0.15, 0.2) is 29.2 Å². The summed E-state index contributed by atoms with van der Waals surface area (Å²) in [5.74, 6) is 1.49. The summed E-state index contributed by atoms with van der Waals surface area (Å²) in [4.78, 5) is 13.9. The Morgan fingerprint density at radius 3 is 2.48 bits per heavy atom. The summed E-state index contributed by atoms with van der Waals surface area (Å²) in [6.07, 6.45) is 4.45. The Kier molecular flexibility index (Phi) is 8.68. The van der Waals surface area contributed by atoms with Gasteiger partial charge in [0.2, 0.25) is 5.91 Å². The molecule has 142 valence electrons. The average Bonchev–Trinajstić information content (AvgIpc) is 3.35. The van der Waals surface area contributed by atoms with Crippen molar-refractivity contribution in [3.63, 3.8) is 0 Å². The number of sulfone groups is 1. The number of carbonyl (C=O) groups is 1. The van der Waals surface area contributed by atoms with Crippen LogP contribution < -0.4 is 10.1 Å². The van der Waals surface area contributed by atoms with Crippen molar-refractivity contribution in [2.75, 3.05) is 39.5 Å². The van der Waals surface area contributed by atoms with Crippen LogP contribution in [0.4, 0.5) is 0 Å². The van der Waals surface area contributed by atoms with Crippen LogP contribution in [0.25, 0.3) is 0 Å². The van der Waals surface area contributed by atoms with Crippen LogP contribution in [0.1, 0.15) is 19.3 Å². The lowest BCUT2D eigenvalue weighted by molar-refractivity contribution is -0.129. The predicted molar refractivity (Wildman–Crippen MR) is 100 cm³/mol. The molecule has 1 aromatic rings. The van der Waals surface area contributed by atoms with Crippen LogP contribution in [0, 0.1) is 5.92 Å². The van der Waals surface area contributed by atoms with Gasteiger partial charge in [-0.2, -0.15) is 0 Å². The third kappa shape index (κ3) is 8.07. The van der Waals surface area contributed by atoms with Gasteiger partial charge in [0, 0.05) is 19.8 Å². The maximum Gasteiger partial charge on any atom is 0.236 e. The van der Waals surface area contributed by atoms with Gasteiger partial charge < -0.3 is 15.0 Å². The van der Waals surface area contributed by atoms with E-state index >= 15 is 0 Å². The van der Waals surface area contributed by atoms with Crippen LogP contribution >= 0.6 is 12.4 Å². The number of hydrogen-bond donors (Lipinski definition) is 1. The van der Waals surface area contributed by atoms with Gasteiger partial charge in [0.05, 0.1) is 18.0 Å². The SMILES string of the molecule is CN(CCCOc1ccc(S(C)(=O)=O)cc1)C(=O)CNCC1CC1.Cl. The number of ether oxygens (including phenoxy) is 1. The Balaban J connectivity index is 0.00000312. The number of benzene rings is 1. The smallest absolute Gasteiger partial charge is 0.236 e. The highest BCUT2D eigenvalue weighted by molar-refractivity contribution is 7.90. The first-order valence-electron chi connectivity index (χ1n) is 8.24. The van der Waals surface area contributed by atoms with Crippen molar-refractivity contribution >= 4 is 28.2 Å². The minimum absolute atomic E-state index is 0. The molecule has 0 unspecified atom stereocenters. The Morgan fingerprint density at radius 1 is 1.28 bits per heavy atom. The number of halogens is 1. The number of amides is 1. The topological polar surface area (TPSA) is 75.7 Å². The number of nitrogens with one attached hydrogen (secondary N) is 1. The van der Waals surface area contributed by atoms with Gasteiger partial charge in [0.25, 0.3) is 0 Å². The lowest BCUT2D eigenvalue weighted by Gasteiger charge is -2.17. The van der Waals surface area contributed by atoms with Crippen LogP contribution in [0.5, 0.6) is 5.75 Å². The summed E-state index contributed by atoms with van der Waals surface area (Å²) in [6.45, 7) is 2.43. The van der Waals surface area contributed by atoms with Gasteiger partial charge in [-0.1, -0.05) is 0 Å². The van der Waals surface area contributed by atoms with Crippen molar-refractivity contribution in [2.24, 2.45) is 5.92 Å². The minimum Gasteiger partial charge on any atom is -0.494 e. The second kappa shape index (κ2) is 9.99. The van der Waals surface area contributed by atoms with E-state index in [4.69, 9.17) is 4.74 Å². The standard InChI is InChI=1S/C17H26N2O4S.ClH/c1-19(17(20)13-18-12-14-4-5-14)10-3-11-23-15-6-8-16(9-7-15)24(2,21)22;/h6-9,14,18H,3-5,10-13H2,1-2H3;1H. The molecule has 1 aromatic carbocycles. The number of nitrogens with zero attached hydrogens (tertiary/aromatic N) is 1. The highest BCUT2D eigenvalue weighted by Crippen LogP contribution is 2.27. The van der Waals surface area contributed by atoms with Gasteiger partial charge in [0.1, 0.15) is 5.75 Å². The molecule has 0 heterocycles. The van der Waals surface area contributed by atoms with Gasteiger partial charge in [0.15, 0.2) is 9.84 Å². The largest absolute Gasteiger partial charge is 0.494 e. The predicted octanol–water partition coefficient (Wildman–Crippen LogP) is 1.74. The summed E-state index contributed by atoms with van der Waals surface area (Å²) >= 11 is 0. The highest BCUT2D eigenvalue weighted by Gasteiger charge is 2.20. The average molecular weight is 391 g/mol. The molecule has 1 amide bonds. The Hall–Kier alpha value is -1.31. The van der Waals surface area contributed by atoms with Crippen molar-refractivity contribution in [2.45, 2.75) is 24.2 Å². The zero-order valence-electron chi connectivity index (χ0n) is 14.7. The molecule has 25 heavy (non-hydrogen) atoms. The van der Waals surface area contributed by atoms with Crippen LogP contribution in [-0.2, 0) is 14.6 Å². The fourth-order valence-corrected chi connectivity index (χ4v) is 2.87. The van der Waals surface area contributed by atoms with Crippen molar-refractivity contribution in [1.29, 1.82) is 0 Å². The summed E-state index contributed by atoms with van der Waals surface area (Å²) < 4.78 is 28.3. The molecule has 0 saturated heterocycles. The molecule has 0 atom stereocenters.